The lowest BCUT2D eigenvalue weighted by molar-refractivity contribution is 0.0296. The van der Waals surface area contributed by atoms with Gasteiger partial charge in [-0.1, -0.05) is 42.5 Å². The maximum absolute atomic E-state index is 10.7. The quantitative estimate of drug-likeness (QED) is 0.836. The molecule has 1 heterocycles. The third-order valence-corrected chi connectivity index (χ3v) is 5.87. The number of aliphatic hydroxyl groups is 1. The van der Waals surface area contributed by atoms with Crippen molar-refractivity contribution in [1.82, 2.24) is 4.90 Å². The van der Waals surface area contributed by atoms with Gasteiger partial charge in [0.25, 0.3) is 0 Å². The van der Waals surface area contributed by atoms with Gasteiger partial charge in [-0.25, -0.2) is 0 Å². The lowest BCUT2D eigenvalue weighted by Gasteiger charge is -2.42. The summed E-state index contributed by atoms with van der Waals surface area (Å²) < 4.78 is 0. The molecule has 1 saturated heterocycles. The van der Waals surface area contributed by atoms with Gasteiger partial charge in [-0.2, -0.15) is 0 Å². The van der Waals surface area contributed by atoms with E-state index in [0.717, 1.165) is 30.8 Å². The zero-order valence-electron chi connectivity index (χ0n) is 14.1. The fraction of sp³-hybridized carbons (Fsp3) is 0.429. The summed E-state index contributed by atoms with van der Waals surface area (Å²) in [4.78, 5) is 2.50. The lowest BCUT2D eigenvalue weighted by Crippen LogP contribution is -2.51. The Hall–Kier alpha value is -1.84. The fourth-order valence-electron chi connectivity index (χ4n) is 4.46. The number of aliphatic hydroxyl groups excluding tert-OH is 1. The number of nitrogen functional groups attached to an aromatic ring is 1. The summed E-state index contributed by atoms with van der Waals surface area (Å²) in [6.45, 7) is 2.14. The van der Waals surface area contributed by atoms with Gasteiger partial charge in [-0.05, 0) is 61.0 Å². The van der Waals surface area contributed by atoms with Gasteiger partial charge < -0.3 is 10.8 Å². The van der Waals surface area contributed by atoms with Crippen molar-refractivity contribution in [3.05, 3.63) is 65.2 Å². The van der Waals surface area contributed by atoms with Gasteiger partial charge in [-0.3, -0.25) is 4.90 Å². The van der Waals surface area contributed by atoms with Crippen LogP contribution in [0, 0.1) is 0 Å². The van der Waals surface area contributed by atoms with Crippen molar-refractivity contribution in [1.29, 1.82) is 0 Å². The number of piperidine rings is 1. The minimum Gasteiger partial charge on any atom is -0.398 e. The molecular weight excluding hydrogens is 296 g/mol. The molecule has 1 aliphatic carbocycles. The van der Waals surface area contributed by atoms with Gasteiger partial charge >= 0.3 is 0 Å². The average molecular weight is 322 g/mol. The SMILES string of the molecule is Nc1cccc2c1C[C@@H](O)[C@H](N1CCC(c3ccccc3)CC1)C2. The number of nitrogens with zero attached hydrogens (tertiary/aromatic N) is 1. The van der Waals surface area contributed by atoms with E-state index in [2.05, 4.69) is 41.3 Å². The molecule has 3 N–H and O–H groups in total. The second-order valence-electron chi connectivity index (χ2n) is 7.25. The van der Waals surface area contributed by atoms with E-state index in [9.17, 15) is 5.11 Å². The van der Waals surface area contributed by atoms with Crippen LogP contribution >= 0.6 is 0 Å². The second-order valence-corrected chi connectivity index (χ2v) is 7.25. The highest BCUT2D eigenvalue weighted by atomic mass is 16.3. The number of rotatable bonds is 2. The van der Waals surface area contributed by atoms with Gasteiger partial charge in [0.15, 0.2) is 0 Å². The smallest absolute Gasteiger partial charge is 0.0739 e. The van der Waals surface area contributed by atoms with E-state index in [-0.39, 0.29) is 12.1 Å². The number of anilines is 1. The molecule has 3 heteroatoms. The third kappa shape index (κ3) is 2.94. The zero-order chi connectivity index (χ0) is 16.5. The third-order valence-electron chi connectivity index (χ3n) is 5.87. The van der Waals surface area contributed by atoms with Crippen molar-refractivity contribution < 1.29 is 5.11 Å². The number of fused-ring (bicyclic) bond motifs is 1. The van der Waals surface area contributed by atoms with Crippen molar-refractivity contribution in [3.8, 4) is 0 Å². The Morgan fingerprint density at radius 3 is 2.42 bits per heavy atom. The van der Waals surface area contributed by atoms with Gasteiger partial charge in [0.05, 0.1) is 6.10 Å². The molecule has 3 nitrogen and oxygen atoms in total. The summed E-state index contributed by atoms with van der Waals surface area (Å²) in [5, 5.41) is 10.7. The Morgan fingerprint density at radius 2 is 1.67 bits per heavy atom. The molecule has 0 saturated carbocycles. The zero-order valence-corrected chi connectivity index (χ0v) is 14.1. The Kier molecular flexibility index (Phi) is 4.30. The number of hydrogen-bond acceptors (Lipinski definition) is 3. The second kappa shape index (κ2) is 6.58. The molecule has 0 amide bonds. The van der Waals surface area contributed by atoms with Crippen LogP contribution in [0.1, 0.15) is 35.4 Å². The van der Waals surface area contributed by atoms with E-state index in [1.807, 2.05) is 12.1 Å². The molecule has 0 unspecified atom stereocenters. The largest absolute Gasteiger partial charge is 0.398 e. The summed E-state index contributed by atoms with van der Waals surface area (Å²) in [6.07, 6.45) is 3.65. The number of benzene rings is 2. The Balaban J connectivity index is 1.44. The van der Waals surface area contributed by atoms with Crippen LogP contribution in [-0.4, -0.2) is 35.2 Å². The number of nitrogens with two attached hydrogens (primary N) is 1. The maximum Gasteiger partial charge on any atom is 0.0739 e. The van der Waals surface area contributed by atoms with Crippen LogP contribution in [0.4, 0.5) is 5.69 Å². The van der Waals surface area contributed by atoms with Crippen LogP contribution in [0.3, 0.4) is 0 Å². The average Bonchev–Trinajstić information content (AvgIpc) is 2.63. The van der Waals surface area contributed by atoms with Crippen LogP contribution in [0.5, 0.6) is 0 Å². The first-order valence-electron chi connectivity index (χ1n) is 9.05. The topological polar surface area (TPSA) is 49.5 Å². The molecule has 1 aliphatic heterocycles. The number of hydrogen-bond donors (Lipinski definition) is 2. The highest BCUT2D eigenvalue weighted by Crippen LogP contribution is 2.33. The predicted molar refractivity (Wildman–Crippen MR) is 98.0 cm³/mol. The molecule has 0 bridgehead atoms. The van der Waals surface area contributed by atoms with Crippen LogP contribution in [0.25, 0.3) is 0 Å². The first kappa shape index (κ1) is 15.7. The van der Waals surface area contributed by atoms with E-state index in [1.54, 1.807) is 0 Å². The Morgan fingerprint density at radius 1 is 0.917 bits per heavy atom. The number of likely N-dealkylation sites (tertiary alicyclic amines) is 1. The summed E-state index contributed by atoms with van der Waals surface area (Å²) >= 11 is 0. The summed E-state index contributed by atoms with van der Waals surface area (Å²) in [6, 6.07) is 17.2. The molecule has 0 aromatic heterocycles. The molecule has 1 fully saturated rings. The van der Waals surface area contributed by atoms with Crippen LogP contribution < -0.4 is 5.73 Å². The van der Waals surface area contributed by atoms with Gasteiger partial charge in [0, 0.05) is 18.2 Å². The van der Waals surface area contributed by atoms with Crippen LogP contribution in [0.15, 0.2) is 48.5 Å². The molecular formula is C21H26N2O. The molecule has 2 aromatic carbocycles. The molecule has 4 rings (SSSR count). The Bertz CT molecular complexity index is 692. The van der Waals surface area contributed by atoms with E-state index < -0.39 is 0 Å². The maximum atomic E-state index is 10.7. The highest BCUT2D eigenvalue weighted by Gasteiger charge is 2.34. The van der Waals surface area contributed by atoms with Crippen molar-refractivity contribution in [2.45, 2.75) is 43.7 Å². The summed E-state index contributed by atoms with van der Waals surface area (Å²) in [5.41, 5.74) is 10.8. The Labute approximate surface area is 144 Å². The van der Waals surface area contributed by atoms with Gasteiger partial charge in [0.2, 0.25) is 0 Å². The van der Waals surface area contributed by atoms with E-state index in [4.69, 9.17) is 5.73 Å². The molecule has 126 valence electrons. The summed E-state index contributed by atoms with van der Waals surface area (Å²) in [7, 11) is 0. The van der Waals surface area contributed by atoms with E-state index >= 15 is 0 Å². The van der Waals surface area contributed by atoms with Crippen LogP contribution in [-0.2, 0) is 12.8 Å². The van der Waals surface area contributed by atoms with E-state index in [1.165, 1.54) is 24.0 Å². The highest BCUT2D eigenvalue weighted by molar-refractivity contribution is 5.52. The first-order chi connectivity index (χ1) is 11.7. The molecule has 0 radical (unpaired) electrons. The minimum atomic E-state index is -0.310. The van der Waals surface area contributed by atoms with E-state index in [0.29, 0.717) is 12.3 Å². The summed E-state index contributed by atoms with van der Waals surface area (Å²) in [5.74, 6) is 0.658. The predicted octanol–water partition coefficient (Wildman–Crippen LogP) is 2.98. The van der Waals surface area contributed by atoms with Crippen molar-refractivity contribution in [2.75, 3.05) is 18.8 Å². The van der Waals surface area contributed by atoms with Crippen LogP contribution in [0.2, 0.25) is 0 Å². The van der Waals surface area contributed by atoms with Crippen molar-refractivity contribution in [2.24, 2.45) is 0 Å². The fourth-order valence-corrected chi connectivity index (χ4v) is 4.46. The lowest BCUT2D eigenvalue weighted by atomic mass is 9.82. The molecule has 2 aliphatic rings. The molecule has 2 aromatic rings. The molecule has 0 spiro atoms. The van der Waals surface area contributed by atoms with Gasteiger partial charge in [0.1, 0.15) is 0 Å². The van der Waals surface area contributed by atoms with Gasteiger partial charge in [-0.15, -0.1) is 0 Å². The normalized spacial score (nSPS) is 25.4. The minimum absolute atomic E-state index is 0.232. The monoisotopic (exact) mass is 322 g/mol. The molecule has 24 heavy (non-hydrogen) atoms. The van der Waals surface area contributed by atoms with Crippen molar-refractivity contribution >= 4 is 5.69 Å². The molecule has 2 atom stereocenters. The van der Waals surface area contributed by atoms with Crippen molar-refractivity contribution in [3.63, 3.8) is 0 Å². The first-order valence-corrected chi connectivity index (χ1v) is 9.05. The standard InChI is InChI=1S/C21H26N2O/c22-19-8-4-7-17-13-20(21(24)14-18(17)19)23-11-9-16(10-12-23)15-5-2-1-3-6-15/h1-8,16,20-21,24H,9-14,22H2/t20-,21-/m1/s1.